The van der Waals surface area contributed by atoms with Gasteiger partial charge in [0.15, 0.2) is 0 Å². The number of piperazine rings is 1. The highest BCUT2D eigenvalue weighted by Gasteiger charge is 2.19. The highest BCUT2D eigenvalue weighted by Crippen LogP contribution is 2.28. The van der Waals surface area contributed by atoms with Crippen molar-refractivity contribution in [1.29, 1.82) is 0 Å². The average molecular weight is 389 g/mol. The maximum atomic E-state index is 12.2. The molecule has 3 rings (SSSR count). The van der Waals surface area contributed by atoms with Gasteiger partial charge in [0.1, 0.15) is 10.6 Å². The SMILES string of the molecule is CCCc1ncc(C(=O)NCCN2CCN(c3ccccc3OC)CC2)s1. The van der Waals surface area contributed by atoms with E-state index in [-0.39, 0.29) is 5.91 Å². The fourth-order valence-corrected chi connectivity index (χ4v) is 4.20. The number of para-hydroxylation sites is 2. The number of methoxy groups -OCH3 is 1. The van der Waals surface area contributed by atoms with Crippen molar-refractivity contribution in [3.63, 3.8) is 0 Å². The van der Waals surface area contributed by atoms with Gasteiger partial charge < -0.3 is 15.0 Å². The van der Waals surface area contributed by atoms with Crippen LogP contribution in [0.4, 0.5) is 5.69 Å². The molecule has 0 aliphatic carbocycles. The fourth-order valence-electron chi connectivity index (χ4n) is 3.26. The largest absolute Gasteiger partial charge is 0.495 e. The van der Waals surface area contributed by atoms with E-state index in [4.69, 9.17) is 4.74 Å². The highest BCUT2D eigenvalue weighted by atomic mass is 32.1. The van der Waals surface area contributed by atoms with Crippen molar-refractivity contribution >= 4 is 22.9 Å². The quantitative estimate of drug-likeness (QED) is 0.753. The Labute approximate surface area is 165 Å². The summed E-state index contributed by atoms with van der Waals surface area (Å²) >= 11 is 1.50. The lowest BCUT2D eigenvalue weighted by Gasteiger charge is -2.36. The lowest BCUT2D eigenvalue weighted by molar-refractivity contribution is 0.0951. The van der Waals surface area contributed by atoms with Crippen LogP contribution in [0.2, 0.25) is 0 Å². The van der Waals surface area contributed by atoms with Crippen LogP contribution in [0.1, 0.15) is 28.0 Å². The number of carbonyl (C=O) groups is 1. The molecule has 1 saturated heterocycles. The molecule has 0 bridgehead atoms. The van der Waals surface area contributed by atoms with Crippen LogP contribution in [0.15, 0.2) is 30.5 Å². The van der Waals surface area contributed by atoms with Gasteiger partial charge in [-0.3, -0.25) is 9.69 Å². The van der Waals surface area contributed by atoms with E-state index in [1.807, 2.05) is 18.2 Å². The van der Waals surface area contributed by atoms with Crippen molar-refractivity contribution in [2.75, 3.05) is 51.3 Å². The van der Waals surface area contributed by atoms with Crippen molar-refractivity contribution < 1.29 is 9.53 Å². The molecule has 1 aromatic carbocycles. The van der Waals surface area contributed by atoms with E-state index in [1.165, 1.54) is 11.3 Å². The first kappa shape index (κ1) is 19.6. The number of benzene rings is 1. The summed E-state index contributed by atoms with van der Waals surface area (Å²) in [5, 5.41) is 4.06. The molecular formula is C20H28N4O2S. The molecule has 6 nitrogen and oxygen atoms in total. The lowest BCUT2D eigenvalue weighted by atomic mass is 10.2. The predicted octanol–water partition coefficient (Wildman–Crippen LogP) is 2.66. The third-order valence-corrected chi connectivity index (χ3v) is 5.81. The van der Waals surface area contributed by atoms with Gasteiger partial charge in [0.25, 0.3) is 5.91 Å². The summed E-state index contributed by atoms with van der Waals surface area (Å²) in [6.45, 7) is 7.53. The Balaban J connectivity index is 1.41. The van der Waals surface area contributed by atoms with Gasteiger partial charge in [0, 0.05) is 39.3 Å². The molecule has 0 radical (unpaired) electrons. The number of nitrogens with one attached hydrogen (secondary N) is 1. The number of rotatable bonds is 8. The molecule has 27 heavy (non-hydrogen) atoms. The summed E-state index contributed by atoms with van der Waals surface area (Å²) in [6, 6.07) is 8.15. The van der Waals surface area contributed by atoms with Gasteiger partial charge >= 0.3 is 0 Å². The lowest BCUT2D eigenvalue weighted by Crippen LogP contribution is -2.48. The molecule has 146 valence electrons. The van der Waals surface area contributed by atoms with E-state index < -0.39 is 0 Å². The minimum absolute atomic E-state index is 0.0116. The number of thiazole rings is 1. The van der Waals surface area contributed by atoms with Crippen molar-refractivity contribution in [2.24, 2.45) is 0 Å². The Bertz CT molecular complexity index is 741. The van der Waals surface area contributed by atoms with Gasteiger partial charge in [-0.05, 0) is 25.0 Å². The van der Waals surface area contributed by atoms with Crippen LogP contribution in [-0.4, -0.2) is 62.2 Å². The monoisotopic (exact) mass is 388 g/mol. The van der Waals surface area contributed by atoms with Gasteiger partial charge in [0.05, 0.1) is 24.0 Å². The third kappa shape index (κ3) is 5.20. The zero-order chi connectivity index (χ0) is 19.1. The van der Waals surface area contributed by atoms with Crippen LogP contribution in [-0.2, 0) is 6.42 Å². The van der Waals surface area contributed by atoms with Gasteiger partial charge in [-0.1, -0.05) is 19.1 Å². The molecule has 1 aliphatic rings. The highest BCUT2D eigenvalue weighted by molar-refractivity contribution is 7.13. The number of carbonyl (C=O) groups excluding carboxylic acids is 1. The number of hydrogen-bond acceptors (Lipinski definition) is 6. The fraction of sp³-hybridized carbons (Fsp3) is 0.500. The molecule has 7 heteroatoms. The molecule has 0 unspecified atom stereocenters. The van der Waals surface area contributed by atoms with Crippen LogP contribution in [0.25, 0.3) is 0 Å². The second-order valence-corrected chi connectivity index (χ2v) is 7.74. The topological polar surface area (TPSA) is 57.7 Å². The van der Waals surface area contributed by atoms with Crippen molar-refractivity contribution in [3.05, 3.63) is 40.3 Å². The number of anilines is 1. The first-order chi connectivity index (χ1) is 13.2. The first-order valence-corrected chi connectivity index (χ1v) is 10.4. The number of aromatic nitrogens is 1. The predicted molar refractivity (Wildman–Crippen MR) is 110 cm³/mol. The van der Waals surface area contributed by atoms with Crippen LogP contribution in [0.5, 0.6) is 5.75 Å². The van der Waals surface area contributed by atoms with Crippen molar-refractivity contribution in [2.45, 2.75) is 19.8 Å². The van der Waals surface area contributed by atoms with E-state index in [2.05, 4.69) is 33.1 Å². The Morgan fingerprint density at radius 1 is 1.26 bits per heavy atom. The Morgan fingerprint density at radius 3 is 2.78 bits per heavy atom. The van der Waals surface area contributed by atoms with Crippen LogP contribution >= 0.6 is 11.3 Å². The molecule has 2 aromatic rings. The second kappa shape index (κ2) is 9.71. The summed E-state index contributed by atoms with van der Waals surface area (Å²) < 4.78 is 5.47. The number of nitrogens with zero attached hydrogens (tertiary/aromatic N) is 3. The van der Waals surface area contributed by atoms with E-state index >= 15 is 0 Å². The maximum absolute atomic E-state index is 12.2. The summed E-state index contributed by atoms with van der Waals surface area (Å²) in [4.78, 5) is 22.0. The summed E-state index contributed by atoms with van der Waals surface area (Å²) in [6.07, 6.45) is 3.68. The molecule has 1 amide bonds. The molecule has 1 aromatic heterocycles. The Hall–Kier alpha value is -2.12. The van der Waals surface area contributed by atoms with Crippen LogP contribution in [0.3, 0.4) is 0 Å². The van der Waals surface area contributed by atoms with Crippen molar-refractivity contribution in [1.82, 2.24) is 15.2 Å². The van der Waals surface area contributed by atoms with Gasteiger partial charge in [0.2, 0.25) is 0 Å². The average Bonchev–Trinajstić information content (AvgIpc) is 3.17. The normalized spacial score (nSPS) is 15.0. The maximum Gasteiger partial charge on any atom is 0.263 e. The van der Waals surface area contributed by atoms with E-state index in [1.54, 1.807) is 13.3 Å². The zero-order valence-corrected chi connectivity index (χ0v) is 16.9. The second-order valence-electron chi connectivity index (χ2n) is 6.62. The van der Waals surface area contributed by atoms with E-state index in [0.717, 1.165) is 62.0 Å². The Morgan fingerprint density at radius 2 is 2.04 bits per heavy atom. The molecule has 1 N–H and O–H groups in total. The van der Waals surface area contributed by atoms with E-state index in [0.29, 0.717) is 11.4 Å². The standard InChI is InChI=1S/C20H28N4O2S/c1-3-6-19-22-15-18(27-19)20(25)21-9-10-23-11-13-24(14-12-23)16-7-4-5-8-17(16)26-2/h4-5,7-8,15H,3,6,9-14H2,1-2H3,(H,21,25). The van der Waals surface area contributed by atoms with E-state index in [9.17, 15) is 4.79 Å². The summed E-state index contributed by atoms with van der Waals surface area (Å²) in [5.41, 5.74) is 1.15. The first-order valence-electron chi connectivity index (χ1n) is 9.54. The number of ether oxygens (including phenoxy) is 1. The van der Waals surface area contributed by atoms with Gasteiger partial charge in [-0.2, -0.15) is 0 Å². The van der Waals surface area contributed by atoms with Gasteiger partial charge in [-0.25, -0.2) is 4.98 Å². The third-order valence-electron chi connectivity index (χ3n) is 4.75. The molecule has 1 fully saturated rings. The minimum Gasteiger partial charge on any atom is -0.495 e. The van der Waals surface area contributed by atoms with Crippen LogP contribution in [0, 0.1) is 0 Å². The number of amides is 1. The van der Waals surface area contributed by atoms with Crippen molar-refractivity contribution in [3.8, 4) is 5.75 Å². The number of hydrogen-bond donors (Lipinski definition) is 1. The molecule has 1 aliphatic heterocycles. The van der Waals surface area contributed by atoms with Crippen LogP contribution < -0.4 is 15.0 Å². The zero-order valence-electron chi connectivity index (χ0n) is 16.1. The Kier molecular flexibility index (Phi) is 7.06. The van der Waals surface area contributed by atoms with Gasteiger partial charge in [-0.15, -0.1) is 11.3 Å². The summed E-state index contributed by atoms with van der Waals surface area (Å²) in [7, 11) is 1.71. The number of aryl methyl sites for hydroxylation is 1. The molecule has 0 saturated carbocycles. The minimum atomic E-state index is -0.0116. The summed E-state index contributed by atoms with van der Waals surface area (Å²) in [5.74, 6) is 0.910. The molecular weight excluding hydrogens is 360 g/mol. The molecule has 0 spiro atoms. The molecule has 2 heterocycles. The molecule has 0 atom stereocenters. The smallest absolute Gasteiger partial charge is 0.263 e.